The van der Waals surface area contributed by atoms with Crippen molar-refractivity contribution in [2.24, 2.45) is 0 Å². The van der Waals surface area contributed by atoms with Gasteiger partial charge in [0.25, 0.3) is 0 Å². The van der Waals surface area contributed by atoms with Gasteiger partial charge in [0.15, 0.2) is 5.52 Å². The number of benzene rings is 1. The van der Waals surface area contributed by atoms with Crippen molar-refractivity contribution in [3.05, 3.63) is 40.5 Å². The zero-order chi connectivity index (χ0) is 14.1. The van der Waals surface area contributed by atoms with Crippen LogP contribution in [0.15, 0.2) is 29.2 Å². The lowest BCUT2D eigenvalue weighted by molar-refractivity contribution is -0.383. The van der Waals surface area contributed by atoms with Crippen LogP contribution in [0, 0.1) is 10.1 Å². The van der Waals surface area contributed by atoms with Gasteiger partial charge in [0.2, 0.25) is 5.52 Å². The number of aromatic amines is 1. The second kappa shape index (κ2) is 4.61. The maximum atomic E-state index is 10.9. The highest BCUT2D eigenvalue weighted by Crippen LogP contribution is 2.30. The number of nitrogens with one attached hydrogen (secondary N) is 2. The van der Waals surface area contributed by atoms with Gasteiger partial charge in [-0.1, -0.05) is 0 Å². The minimum atomic E-state index is -0.522. The summed E-state index contributed by atoms with van der Waals surface area (Å²) in [5.74, 6) is 0.743. The van der Waals surface area contributed by atoms with E-state index in [1.807, 2.05) is 6.92 Å². The number of rotatable bonds is 4. The quantitative estimate of drug-likeness (QED) is 0.551. The Bertz CT molecular complexity index is 751. The Morgan fingerprint density at radius 3 is 2.90 bits per heavy atom. The lowest BCUT2D eigenvalue weighted by Gasteiger charge is -2.12. The largest absolute Gasteiger partial charge is 0.373 e. The average Bonchev–Trinajstić information content (AvgIpc) is 3.10. The van der Waals surface area contributed by atoms with Crippen LogP contribution in [0.3, 0.4) is 0 Å². The number of imidazole rings is 1. The third-order valence-electron chi connectivity index (χ3n) is 2.89. The normalized spacial score (nSPS) is 12.4. The molecule has 3 aromatic rings. The summed E-state index contributed by atoms with van der Waals surface area (Å²) in [5.41, 5.74) is 0.887. The van der Waals surface area contributed by atoms with Gasteiger partial charge in [-0.2, -0.15) is 0 Å². The zero-order valence-electron chi connectivity index (χ0n) is 10.4. The number of H-pyrrole nitrogens is 1. The number of aromatic nitrogens is 4. The first-order chi connectivity index (χ1) is 9.66. The summed E-state index contributed by atoms with van der Waals surface area (Å²) in [6, 6.07) is 2.82. The fourth-order valence-electron chi connectivity index (χ4n) is 1.93. The van der Waals surface area contributed by atoms with E-state index >= 15 is 0 Å². The third-order valence-corrected chi connectivity index (χ3v) is 2.89. The molecule has 1 aromatic carbocycles. The van der Waals surface area contributed by atoms with Crippen LogP contribution >= 0.6 is 0 Å². The molecule has 0 spiro atoms. The van der Waals surface area contributed by atoms with Crippen molar-refractivity contribution in [1.82, 2.24) is 20.3 Å². The second-order valence-electron chi connectivity index (χ2n) is 4.19. The van der Waals surface area contributed by atoms with Gasteiger partial charge in [-0.3, -0.25) is 10.1 Å². The molecular formula is C11H10N6O3. The number of nitrogens with zero attached hydrogens (tertiary/aromatic N) is 4. The summed E-state index contributed by atoms with van der Waals surface area (Å²) in [6.45, 7) is 1.90. The highest BCUT2D eigenvalue weighted by Gasteiger charge is 2.20. The third kappa shape index (κ3) is 1.94. The van der Waals surface area contributed by atoms with Crippen molar-refractivity contribution >= 4 is 22.4 Å². The maximum absolute atomic E-state index is 10.9. The van der Waals surface area contributed by atoms with Gasteiger partial charge in [-0.15, -0.1) is 0 Å². The highest BCUT2D eigenvalue weighted by atomic mass is 16.6. The number of anilines is 1. The van der Waals surface area contributed by atoms with Crippen molar-refractivity contribution in [3.8, 4) is 0 Å². The number of hydrogen-bond acceptors (Lipinski definition) is 7. The van der Waals surface area contributed by atoms with Crippen LogP contribution in [0.1, 0.15) is 18.8 Å². The molecule has 0 saturated heterocycles. The average molecular weight is 274 g/mol. The van der Waals surface area contributed by atoms with Crippen LogP contribution in [-0.2, 0) is 0 Å². The first-order valence-corrected chi connectivity index (χ1v) is 5.82. The molecular weight excluding hydrogens is 264 g/mol. The molecule has 1 atom stereocenters. The summed E-state index contributed by atoms with van der Waals surface area (Å²) < 4.78 is 4.60. The van der Waals surface area contributed by atoms with Crippen molar-refractivity contribution in [2.45, 2.75) is 13.0 Å². The summed E-state index contributed by atoms with van der Waals surface area (Å²) >= 11 is 0. The van der Waals surface area contributed by atoms with E-state index in [4.69, 9.17) is 0 Å². The van der Waals surface area contributed by atoms with E-state index in [2.05, 4.69) is 30.2 Å². The number of nitro groups is 1. The Morgan fingerprint density at radius 1 is 1.40 bits per heavy atom. The van der Waals surface area contributed by atoms with Crippen molar-refractivity contribution in [3.63, 3.8) is 0 Å². The minimum Gasteiger partial charge on any atom is -0.373 e. The molecule has 0 aliphatic rings. The van der Waals surface area contributed by atoms with E-state index in [0.717, 1.165) is 5.82 Å². The van der Waals surface area contributed by atoms with E-state index in [0.29, 0.717) is 11.2 Å². The molecule has 0 radical (unpaired) electrons. The first kappa shape index (κ1) is 12.1. The summed E-state index contributed by atoms with van der Waals surface area (Å²) in [5, 5.41) is 21.3. The molecule has 9 nitrogen and oxygen atoms in total. The fraction of sp³-hybridized carbons (Fsp3) is 0.182. The van der Waals surface area contributed by atoms with Crippen molar-refractivity contribution in [1.29, 1.82) is 0 Å². The molecule has 0 saturated carbocycles. The Hall–Kier alpha value is -2.97. The fourth-order valence-corrected chi connectivity index (χ4v) is 1.93. The van der Waals surface area contributed by atoms with E-state index < -0.39 is 4.92 Å². The van der Waals surface area contributed by atoms with Crippen LogP contribution < -0.4 is 5.32 Å². The zero-order valence-corrected chi connectivity index (χ0v) is 10.4. The minimum absolute atomic E-state index is 0.117. The van der Waals surface area contributed by atoms with E-state index in [1.54, 1.807) is 18.5 Å². The molecule has 0 amide bonds. The first-order valence-electron chi connectivity index (χ1n) is 5.82. The van der Waals surface area contributed by atoms with Gasteiger partial charge in [-0.05, 0) is 23.3 Å². The predicted molar refractivity (Wildman–Crippen MR) is 69.1 cm³/mol. The van der Waals surface area contributed by atoms with E-state index in [9.17, 15) is 10.1 Å². The summed E-state index contributed by atoms with van der Waals surface area (Å²) in [7, 11) is 0. The molecule has 0 bridgehead atoms. The van der Waals surface area contributed by atoms with Gasteiger partial charge in [0.1, 0.15) is 5.82 Å². The second-order valence-corrected chi connectivity index (χ2v) is 4.19. The molecule has 9 heteroatoms. The Labute approximate surface area is 112 Å². The van der Waals surface area contributed by atoms with Crippen molar-refractivity contribution < 1.29 is 9.55 Å². The number of non-ortho nitro benzene ring substituents is 1. The molecule has 0 aliphatic heterocycles. The molecule has 3 rings (SSSR count). The molecule has 2 heterocycles. The summed E-state index contributed by atoms with van der Waals surface area (Å²) in [4.78, 5) is 17.5. The maximum Gasteiger partial charge on any atom is 0.300 e. The lowest BCUT2D eigenvalue weighted by atomic mass is 10.2. The lowest BCUT2D eigenvalue weighted by Crippen LogP contribution is -2.08. The smallest absolute Gasteiger partial charge is 0.300 e. The SMILES string of the molecule is CC(Nc1ccc([N+](=O)[O-])c2nonc12)c1ncc[nH]1. The van der Waals surface area contributed by atoms with Crippen molar-refractivity contribution in [2.75, 3.05) is 5.32 Å². The number of hydrogen-bond donors (Lipinski definition) is 2. The van der Waals surface area contributed by atoms with Gasteiger partial charge < -0.3 is 10.3 Å². The van der Waals surface area contributed by atoms with Crippen LogP contribution in [0.25, 0.3) is 11.0 Å². The van der Waals surface area contributed by atoms with Gasteiger partial charge in [0.05, 0.1) is 16.7 Å². The Morgan fingerprint density at radius 2 is 2.20 bits per heavy atom. The molecule has 2 N–H and O–H groups in total. The summed E-state index contributed by atoms with van der Waals surface area (Å²) in [6.07, 6.45) is 3.37. The topological polar surface area (TPSA) is 123 Å². The van der Waals surface area contributed by atoms with Gasteiger partial charge >= 0.3 is 5.69 Å². The van der Waals surface area contributed by atoms with Crippen LogP contribution in [0.2, 0.25) is 0 Å². The van der Waals surface area contributed by atoms with Crippen LogP contribution in [0.4, 0.5) is 11.4 Å². The monoisotopic (exact) mass is 274 g/mol. The van der Waals surface area contributed by atoms with Crippen LogP contribution in [-0.4, -0.2) is 25.2 Å². The number of nitro benzene ring substituents is 1. The molecule has 20 heavy (non-hydrogen) atoms. The van der Waals surface area contributed by atoms with Gasteiger partial charge in [-0.25, -0.2) is 9.61 Å². The molecule has 102 valence electrons. The standard InChI is InChI=1S/C11H10N6O3/c1-6(11-12-4-5-13-11)14-7-2-3-8(17(18)19)10-9(7)15-20-16-10/h2-6,14H,1H3,(H,12,13). The Balaban J connectivity index is 1.99. The molecule has 2 aromatic heterocycles. The molecule has 1 unspecified atom stereocenters. The van der Waals surface area contributed by atoms with Gasteiger partial charge in [0, 0.05) is 18.5 Å². The molecule has 0 fully saturated rings. The molecule has 0 aliphatic carbocycles. The highest BCUT2D eigenvalue weighted by molar-refractivity contribution is 5.93. The van der Waals surface area contributed by atoms with Crippen LogP contribution in [0.5, 0.6) is 0 Å². The Kier molecular flexibility index (Phi) is 2.78. The number of fused-ring (bicyclic) bond motifs is 1. The van der Waals surface area contributed by atoms with E-state index in [-0.39, 0.29) is 17.2 Å². The van der Waals surface area contributed by atoms with E-state index in [1.165, 1.54) is 6.07 Å². The predicted octanol–water partition coefficient (Wildman–Crippen LogP) is 2.03.